The highest BCUT2D eigenvalue weighted by Crippen LogP contribution is 2.34. The molecule has 11 nitrogen and oxygen atoms in total. The maximum Gasteiger partial charge on any atom is 0.421 e. The first-order valence-electron chi connectivity index (χ1n) is 11.1. The van der Waals surface area contributed by atoms with Gasteiger partial charge in [-0.3, -0.25) is 9.10 Å². The minimum absolute atomic E-state index is 0.0501. The van der Waals surface area contributed by atoms with Gasteiger partial charge >= 0.3 is 6.18 Å². The third-order valence-electron chi connectivity index (χ3n) is 5.24. The third kappa shape index (κ3) is 7.29. The van der Waals surface area contributed by atoms with Gasteiger partial charge in [0.1, 0.15) is 17.2 Å². The predicted octanol–water partition coefficient (Wildman–Crippen LogP) is 2.75. The van der Waals surface area contributed by atoms with E-state index in [-0.39, 0.29) is 30.5 Å². The summed E-state index contributed by atoms with van der Waals surface area (Å²) in [4.78, 5) is 24.1. The summed E-state index contributed by atoms with van der Waals surface area (Å²) in [5.41, 5.74) is -0.224. The van der Waals surface area contributed by atoms with Crippen molar-refractivity contribution in [2.45, 2.75) is 25.7 Å². The van der Waals surface area contributed by atoms with Crippen LogP contribution in [-0.4, -0.2) is 60.3 Å². The van der Waals surface area contributed by atoms with Crippen molar-refractivity contribution in [3.05, 3.63) is 65.5 Å². The van der Waals surface area contributed by atoms with Gasteiger partial charge in [-0.2, -0.15) is 18.2 Å². The largest absolute Gasteiger partial charge is 0.421 e. The van der Waals surface area contributed by atoms with Crippen LogP contribution in [0.25, 0.3) is 0 Å². The molecule has 3 rings (SSSR count). The number of aliphatic hydroxyl groups excluding tert-OH is 1. The molecule has 4 N–H and O–H groups in total. The van der Waals surface area contributed by atoms with E-state index in [0.29, 0.717) is 17.4 Å². The van der Waals surface area contributed by atoms with Crippen molar-refractivity contribution in [1.82, 2.24) is 20.3 Å². The molecule has 0 bridgehead atoms. The highest BCUT2D eigenvalue weighted by Gasteiger charge is 2.35. The van der Waals surface area contributed by atoms with Crippen LogP contribution in [0.4, 0.5) is 36.4 Å². The molecule has 15 heteroatoms. The summed E-state index contributed by atoms with van der Waals surface area (Å²) in [6.45, 7) is 1.16. The fourth-order valence-corrected chi connectivity index (χ4v) is 3.67. The molecule has 0 unspecified atom stereocenters. The zero-order valence-corrected chi connectivity index (χ0v) is 21.4. The number of sulfonamides is 1. The van der Waals surface area contributed by atoms with E-state index >= 15 is 0 Å². The molecular formula is C23H26F3N7O4S. The number of nitrogens with one attached hydrogen (secondary N) is 3. The molecule has 2 heterocycles. The smallest absolute Gasteiger partial charge is 0.394 e. The Kier molecular flexibility index (Phi) is 8.73. The summed E-state index contributed by atoms with van der Waals surface area (Å²) < 4.78 is 65.8. The maximum absolute atomic E-state index is 13.7. The SMILES string of the molecule is C[C@@H](CO)NC(=O)c1cccc(Nc2ncc(C(F)(F)F)c(NCc3cccnc3N(C)S(C)(=O)=O)n2)c1. The lowest BCUT2D eigenvalue weighted by Gasteiger charge is -2.20. The van der Waals surface area contributed by atoms with Crippen LogP contribution in [0.1, 0.15) is 28.4 Å². The van der Waals surface area contributed by atoms with Gasteiger partial charge in [0.2, 0.25) is 16.0 Å². The summed E-state index contributed by atoms with van der Waals surface area (Å²) >= 11 is 0. The minimum Gasteiger partial charge on any atom is -0.394 e. The average molecular weight is 554 g/mol. The van der Waals surface area contributed by atoms with Gasteiger partial charge in [-0.1, -0.05) is 12.1 Å². The molecule has 38 heavy (non-hydrogen) atoms. The second kappa shape index (κ2) is 11.6. The highest BCUT2D eigenvalue weighted by atomic mass is 32.2. The molecule has 1 amide bonds. The second-order valence-electron chi connectivity index (χ2n) is 8.29. The normalized spacial score (nSPS) is 12.5. The number of aromatic nitrogens is 3. The molecule has 2 aromatic heterocycles. The first kappa shape index (κ1) is 28.6. The lowest BCUT2D eigenvalue weighted by molar-refractivity contribution is -0.137. The number of hydrogen-bond donors (Lipinski definition) is 4. The van der Waals surface area contributed by atoms with Crippen LogP contribution in [0.2, 0.25) is 0 Å². The summed E-state index contributed by atoms with van der Waals surface area (Å²) in [7, 11) is -2.38. The van der Waals surface area contributed by atoms with Gasteiger partial charge in [-0.05, 0) is 31.2 Å². The fraction of sp³-hybridized carbons (Fsp3) is 0.304. The van der Waals surface area contributed by atoms with Crippen molar-refractivity contribution < 1.29 is 31.5 Å². The van der Waals surface area contributed by atoms with E-state index in [2.05, 4.69) is 30.9 Å². The Balaban J connectivity index is 1.88. The molecular weight excluding hydrogens is 527 g/mol. The molecule has 0 spiro atoms. The number of rotatable bonds is 10. The number of carbonyl (C=O) groups excluding carboxylic acids is 1. The topological polar surface area (TPSA) is 149 Å². The van der Waals surface area contributed by atoms with Crippen molar-refractivity contribution >= 4 is 39.2 Å². The van der Waals surface area contributed by atoms with Crippen LogP contribution in [0.15, 0.2) is 48.8 Å². The lowest BCUT2D eigenvalue weighted by Crippen LogP contribution is -2.34. The van der Waals surface area contributed by atoms with E-state index in [1.807, 2.05) is 0 Å². The summed E-state index contributed by atoms with van der Waals surface area (Å²) in [6, 6.07) is 8.71. The second-order valence-corrected chi connectivity index (χ2v) is 10.3. The molecule has 0 aliphatic rings. The summed E-state index contributed by atoms with van der Waals surface area (Å²) in [5, 5.41) is 17.1. The monoisotopic (exact) mass is 553 g/mol. The van der Waals surface area contributed by atoms with Crippen molar-refractivity contribution in [3.63, 3.8) is 0 Å². The summed E-state index contributed by atoms with van der Waals surface area (Å²) in [6.07, 6.45) is -1.81. The number of carbonyl (C=O) groups is 1. The number of halogens is 3. The Morgan fingerprint density at radius 3 is 2.58 bits per heavy atom. The van der Waals surface area contributed by atoms with Crippen LogP contribution in [0.3, 0.4) is 0 Å². The number of nitrogens with zero attached hydrogens (tertiary/aromatic N) is 4. The number of anilines is 4. The highest BCUT2D eigenvalue weighted by molar-refractivity contribution is 7.92. The fourth-order valence-electron chi connectivity index (χ4n) is 3.19. The molecule has 3 aromatic rings. The molecule has 0 aliphatic carbocycles. The quantitative estimate of drug-likeness (QED) is 0.297. The van der Waals surface area contributed by atoms with E-state index < -0.39 is 39.5 Å². The number of amides is 1. The number of alkyl halides is 3. The number of pyridine rings is 1. The van der Waals surface area contributed by atoms with Gasteiger partial charge in [0.05, 0.1) is 12.9 Å². The van der Waals surface area contributed by atoms with Crippen molar-refractivity contribution in [2.24, 2.45) is 0 Å². The van der Waals surface area contributed by atoms with Gasteiger partial charge in [0.15, 0.2) is 0 Å². The average Bonchev–Trinajstić information content (AvgIpc) is 2.86. The Morgan fingerprint density at radius 2 is 1.92 bits per heavy atom. The number of benzene rings is 1. The molecule has 204 valence electrons. The Bertz CT molecular complexity index is 1400. The van der Waals surface area contributed by atoms with Gasteiger partial charge < -0.3 is 21.1 Å². The maximum atomic E-state index is 13.7. The molecule has 0 saturated carbocycles. The zero-order chi connectivity index (χ0) is 28.1. The molecule has 0 aliphatic heterocycles. The minimum atomic E-state index is -4.77. The molecule has 0 radical (unpaired) electrons. The molecule has 1 aromatic carbocycles. The van der Waals surface area contributed by atoms with Crippen molar-refractivity contribution in [3.8, 4) is 0 Å². The standard InChI is InChI=1S/C23H26F3N7O4S/c1-14(13-34)30-21(35)15-6-4-8-17(10-15)31-22-29-12-18(23(24,25)26)19(32-22)28-11-16-7-5-9-27-20(16)33(2)38(3,36)37/h4-10,12,14,34H,11,13H2,1-3H3,(H,30,35)(H2,28,29,31,32)/t14-/m0/s1. The van der Waals surface area contributed by atoms with Crippen LogP contribution < -0.4 is 20.3 Å². The molecule has 0 fully saturated rings. The zero-order valence-electron chi connectivity index (χ0n) is 20.6. The Morgan fingerprint density at radius 1 is 1.18 bits per heavy atom. The van der Waals surface area contributed by atoms with E-state index in [1.54, 1.807) is 19.1 Å². The van der Waals surface area contributed by atoms with Gasteiger partial charge in [-0.25, -0.2) is 18.4 Å². The van der Waals surface area contributed by atoms with Gasteiger partial charge in [0.25, 0.3) is 5.91 Å². The summed E-state index contributed by atoms with van der Waals surface area (Å²) in [5.74, 6) is -1.12. The first-order chi connectivity index (χ1) is 17.8. The van der Waals surface area contributed by atoms with E-state index in [9.17, 15) is 26.4 Å². The van der Waals surface area contributed by atoms with E-state index in [0.717, 1.165) is 10.6 Å². The van der Waals surface area contributed by atoms with Crippen molar-refractivity contribution in [1.29, 1.82) is 0 Å². The van der Waals surface area contributed by atoms with Crippen LogP contribution in [0, 0.1) is 0 Å². The van der Waals surface area contributed by atoms with E-state index in [4.69, 9.17) is 5.11 Å². The lowest BCUT2D eigenvalue weighted by atomic mass is 10.1. The van der Waals surface area contributed by atoms with Gasteiger partial charge in [-0.15, -0.1) is 0 Å². The van der Waals surface area contributed by atoms with Crippen LogP contribution >= 0.6 is 0 Å². The van der Waals surface area contributed by atoms with Crippen LogP contribution in [-0.2, 0) is 22.7 Å². The Hall–Kier alpha value is -3.98. The third-order valence-corrected chi connectivity index (χ3v) is 6.40. The Labute approximate surface area is 217 Å². The van der Waals surface area contributed by atoms with Crippen LogP contribution in [0.5, 0.6) is 0 Å². The molecule has 0 saturated heterocycles. The molecule has 1 atom stereocenters. The van der Waals surface area contributed by atoms with Crippen molar-refractivity contribution in [2.75, 3.05) is 34.8 Å². The predicted molar refractivity (Wildman–Crippen MR) is 136 cm³/mol. The number of aliphatic hydroxyl groups is 1. The van der Waals surface area contributed by atoms with Gasteiger partial charge in [0, 0.05) is 48.8 Å². The first-order valence-corrected chi connectivity index (χ1v) is 13.0. The van der Waals surface area contributed by atoms with E-state index in [1.165, 1.54) is 37.5 Å². The number of hydrogen-bond acceptors (Lipinski definition) is 9.